The fraction of sp³-hybridized carbons (Fsp3) is 0.105. The van der Waals surface area contributed by atoms with Crippen LogP contribution >= 0.6 is 0 Å². The van der Waals surface area contributed by atoms with Crippen molar-refractivity contribution in [2.24, 2.45) is 0 Å². The molecule has 2 aromatic carbocycles. The molecule has 132 valence electrons. The lowest BCUT2D eigenvalue weighted by molar-refractivity contribution is 0.102. The quantitative estimate of drug-likeness (QED) is 0.662. The molecule has 3 N–H and O–H groups in total. The number of hydrogen-bond donors (Lipinski definition) is 3. The molecule has 26 heavy (non-hydrogen) atoms. The van der Waals surface area contributed by atoms with E-state index in [4.69, 9.17) is 0 Å². The van der Waals surface area contributed by atoms with Crippen LogP contribution in [0, 0.1) is 0 Å². The van der Waals surface area contributed by atoms with Crippen LogP contribution in [0.2, 0.25) is 0 Å². The zero-order valence-corrected chi connectivity index (χ0v) is 14.3. The molecule has 0 aliphatic rings. The molecule has 0 atom stereocenters. The lowest BCUT2D eigenvalue weighted by Gasteiger charge is -2.09. The van der Waals surface area contributed by atoms with Gasteiger partial charge in [0.1, 0.15) is 0 Å². The third kappa shape index (κ3) is 4.47. The maximum atomic E-state index is 12.4. The number of urea groups is 1. The van der Waals surface area contributed by atoms with Gasteiger partial charge in [0.2, 0.25) is 0 Å². The summed E-state index contributed by atoms with van der Waals surface area (Å²) in [5.41, 5.74) is 2.81. The van der Waals surface area contributed by atoms with Crippen molar-refractivity contribution in [1.29, 1.82) is 0 Å². The topological polar surface area (TPSA) is 88.0 Å². The molecule has 0 aliphatic carbocycles. The van der Waals surface area contributed by atoms with Gasteiger partial charge in [0.15, 0.2) is 0 Å². The number of nitrogens with one attached hydrogen (secondary N) is 3. The van der Waals surface area contributed by atoms with Crippen molar-refractivity contribution in [1.82, 2.24) is 15.1 Å². The lowest BCUT2D eigenvalue weighted by Crippen LogP contribution is -2.24. The smallest absolute Gasteiger partial charge is 0.318 e. The highest BCUT2D eigenvalue weighted by molar-refractivity contribution is 6.04. The Morgan fingerprint density at radius 1 is 1.00 bits per heavy atom. The first-order valence-corrected chi connectivity index (χ1v) is 8.10. The van der Waals surface area contributed by atoms with E-state index in [0.29, 0.717) is 23.5 Å². The van der Waals surface area contributed by atoms with Gasteiger partial charge in [-0.2, -0.15) is 5.10 Å². The van der Waals surface area contributed by atoms with Gasteiger partial charge in [-0.25, -0.2) is 4.79 Å². The number of carbonyl (C=O) groups is 2. The molecule has 7 nitrogen and oxygen atoms in total. The molecule has 3 rings (SSSR count). The van der Waals surface area contributed by atoms with Crippen LogP contribution in [0.1, 0.15) is 15.9 Å². The van der Waals surface area contributed by atoms with Gasteiger partial charge in [0, 0.05) is 36.4 Å². The summed E-state index contributed by atoms with van der Waals surface area (Å²) in [4.78, 5) is 23.8. The van der Waals surface area contributed by atoms with E-state index >= 15 is 0 Å². The molecule has 0 fully saturated rings. The van der Waals surface area contributed by atoms with Crippen molar-refractivity contribution in [3.8, 4) is 0 Å². The summed E-state index contributed by atoms with van der Waals surface area (Å²) in [5, 5.41) is 12.1. The second-order valence-electron chi connectivity index (χ2n) is 5.64. The summed E-state index contributed by atoms with van der Waals surface area (Å²) >= 11 is 0. The van der Waals surface area contributed by atoms with E-state index in [1.165, 1.54) is 7.05 Å². The van der Waals surface area contributed by atoms with Crippen LogP contribution in [0.3, 0.4) is 0 Å². The summed E-state index contributed by atoms with van der Waals surface area (Å²) in [5.74, 6) is -0.215. The molecule has 0 saturated carbocycles. The highest BCUT2D eigenvalue weighted by Crippen LogP contribution is 2.16. The molecule has 0 aliphatic heterocycles. The first kappa shape index (κ1) is 17.2. The molecular formula is C19H19N5O2. The van der Waals surface area contributed by atoms with E-state index < -0.39 is 0 Å². The van der Waals surface area contributed by atoms with Gasteiger partial charge in [0.05, 0.1) is 6.54 Å². The monoisotopic (exact) mass is 349 g/mol. The fourth-order valence-electron chi connectivity index (χ4n) is 2.41. The van der Waals surface area contributed by atoms with Crippen molar-refractivity contribution in [2.75, 3.05) is 17.7 Å². The Kier molecular flexibility index (Phi) is 5.28. The molecule has 0 radical (unpaired) electrons. The molecule has 3 amide bonds. The second kappa shape index (κ2) is 7.98. The van der Waals surface area contributed by atoms with Gasteiger partial charge in [-0.1, -0.05) is 18.2 Å². The van der Waals surface area contributed by atoms with E-state index in [9.17, 15) is 9.59 Å². The number of benzene rings is 2. The third-order valence-electron chi connectivity index (χ3n) is 3.73. The zero-order chi connectivity index (χ0) is 18.4. The summed E-state index contributed by atoms with van der Waals surface area (Å²) < 4.78 is 1.82. The van der Waals surface area contributed by atoms with Crippen molar-refractivity contribution >= 4 is 23.3 Å². The Hall–Kier alpha value is -3.61. The number of anilines is 2. The van der Waals surface area contributed by atoms with Gasteiger partial charge in [-0.3, -0.25) is 9.48 Å². The number of amides is 3. The molecule has 7 heteroatoms. The van der Waals surface area contributed by atoms with Crippen LogP contribution in [0.15, 0.2) is 67.0 Å². The standard InChI is InChI=1S/C19H19N5O2/c1-20-19(26)23-17-5-2-4-16(12-17)22-18(25)15-8-6-14(7-9-15)13-24-11-3-10-21-24/h2-12H,13H2,1H3,(H,22,25)(H2,20,23,26). The van der Waals surface area contributed by atoms with Crippen LogP contribution in [0.25, 0.3) is 0 Å². The number of aromatic nitrogens is 2. The minimum Gasteiger partial charge on any atom is -0.341 e. The SMILES string of the molecule is CNC(=O)Nc1cccc(NC(=O)c2ccc(Cn3cccn3)cc2)c1. The summed E-state index contributed by atoms with van der Waals surface area (Å²) in [6.07, 6.45) is 3.62. The van der Waals surface area contributed by atoms with Crippen molar-refractivity contribution in [3.63, 3.8) is 0 Å². The van der Waals surface area contributed by atoms with E-state index in [-0.39, 0.29) is 11.9 Å². The van der Waals surface area contributed by atoms with Gasteiger partial charge in [0.25, 0.3) is 5.91 Å². The van der Waals surface area contributed by atoms with E-state index in [2.05, 4.69) is 21.0 Å². The minimum atomic E-state index is -0.318. The van der Waals surface area contributed by atoms with E-state index in [1.807, 2.05) is 29.1 Å². The molecular weight excluding hydrogens is 330 g/mol. The van der Waals surface area contributed by atoms with Crippen LogP contribution in [0.4, 0.5) is 16.2 Å². The Bertz CT molecular complexity index is 889. The maximum absolute atomic E-state index is 12.4. The van der Waals surface area contributed by atoms with Gasteiger partial charge < -0.3 is 16.0 Å². The molecule has 0 bridgehead atoms. The Morgan fingerprint density at radius 2 is 1.73 bits per heavy atom. The first-order chi connectivity index (χ1) is 12.6. The summed E-state index contributed by atoms with van der Waals surface area (Å²) in [7, 11) is 1.54. The highest BCUT2D eigenvalue weighted by Gasteiger charge is 2.07. The van der Waals surface area contributed by atoms with E-state index in [0.717, 1.165) is 5.56 Å². The fourth-order valence-corrected chi connectivity index (χ4v) is 2.41. The maximum Gasteiger partial charge on any atom is 0.318 e. The molecule has 0 spiro atoms. The number of nitrogens with zero attached hydrogens (tertiary/aromatic N) is 2. The molecule has 1 heterocycles. The first-order valence-electron chi connectivity index (χ1n) is 8.10. The lowest BCUT2D eigenvalue weighted by atomic mass is 10.1. The third-order valence-corrected chi connectivity index (χ3v) is 3.73. The summed E-state index contributed by atoms with van der Waals surface area (Å²) in [6.45, 7) is 0.655. The highest BCUT2D eigenvalue weighted by atomic mass is 16.2. The average Bonchev–Trinajstić information content (AvgIpc) is 3.15. The van der Waals surface area contributed by atoms with Gasteiger partial charge in [-0.05, 0) is 42.0 Å². The minimum absolute atomic E-state index is 0.215. The second-order valence-corrected chi connectivity index (χ2v) is 5.64. The van der Waals surface area contributed by atoms with Crippen molar-refractivity contribution < 1.29 is 9.59 Å². The molecule has 0 saturated heterocycles. The van der Waals surface area contributed by atoms with Crippen molar-refractivity contribution in [2.45, 2.75) is 6.54 Å². The summed E-state index contributed by atoms with van der Waals surface area (Å²) in [6, 6.07) is 15.9. The molecule has 1 aromatic heterocycles. The van der Waals surface area contributed by atoms with E-state index in [1.54, 1.807) is 42.6 Å². The normalized spacial score (nSPS) is 10.2. The predicted molar refractivity (Wildman–Crippen MR) is 100 cm³/mol. The average molecular weight is 349 g/mol. The number of carbonyl (C=O) groups excluding carboxylic acids is 2. The largest absolute Gasteiger partial charge is 0.341 e. The molecule has 0 unspecified atom stereocenters. The Labute approximate surface area is 151 Å². The number of hydrogen-bond acceptors (Lipinski definition) is 3. The van der Waals surface area contributed by atoms with Crippen LogP contribution in [-0.4, -0.2) is 28.8 Å². The van der Waals surface area contributed by atoms with Gasteiger partial charge in [-0.15, -0.1) is 0 Å². The Morgan fingerprint density at radius 3 is 2.38 bits per heavy atom. The zero-order valence-electron chi connectivity index (χ0n) is 14.3. The Balaban J connectivity index is 1.64. The van der Waals surface area contributed by atoms with Crippen molar-refractivity contribution in [3.05, 3.63) is 78.1 Å². The van der Waals surface area contributed by atoms with Crippen LogP contribution in [-0.2, 0) is 6.54 Å². The molecule has 3 aromatic rings. The van der Waals surface area contributed by atoms with Gasteiger partial charge >= 0.3 is 6.03 Å². The van der Waals surface area contributed by atoms with Crippen LogP contribution in [0.5, 0.6) is 0 Å². The predicted octanol–water partition coefficient (Wildman–Crippen LogP) is 2.94. The van der Waals surface area contributed by atoms with Crippen LogP contribution < -0.4 is 16.0 Å². The number of rotatable bonds is 5.